The molecule has 0 saturated carbocycles. The van der Waals surface area contributed by atoms with Crippen molar-refractivity contribution in [2.75, 3.05) is 26.3 Å². The van der Waals surface area contributed by atoms with E-state index in [-0.39, 0.29) is 10.4 Å². The molecular formula is C8H9Cl2N3O3. The number of imidazole rings is 1. The summed E-state index contributed by atoms with van der Waals surface area (Å²) in [5.74, 6) is 0. The van der Waals surface area contributed by atoms with Crippen LogP contribution in [0.3, 0.4) is 0 Å². The zero-order valence-electron chi connectivity index (χ0n) is 8.23. The van der Waals surface area contributed by atoms with E-state index in [1.54, 1.807) is 0 Å². The SMILES string of the molecule is O=C(On1c(Cl)cnc1Cl)N1CCOCC1. The van der Waals surface area contributed by atoms with Gasteiger partial charge in [0, 0.05) is 13.1 Å². The molecule has 1 saturated heterocycles. The Balaban J connectivity index is 2.01. The maximum atomic E-state index is 11.7. The summed E-state index contributed by atoms with van der Waals surface area (Å²) in [4.78, 5) is 21.8. The molecule has 0 radical (unpaired) electrons. The highest BCUT2D eigenvalue weighted by molar-refractivity contribution is 6.32. The van der Waals surface area contributed by atoms with Crippen LogP contribution in [-0.2, 0) is 4.74 Å². The van der Waals surface area contributed by atoms with Crippen LogP contribution in [0.1, 0.15) is 0 Å². The van der Waals surface area contributed by atoms with Crippen LogP contribution in [-0.4, -0.2) is 47.0 Å². The minimum atomic E-state index is -0.523. The monoisotopic (exact) mass is 265 g/mol. The summed E-state index contributed by atoms with van der Waals surface area (Å²) in [6.45, 7) is 1.98. The Labute approximate surface area is 102 Å². The van der Waals surface area contributed by atoms with Crippen LogP contribution in [0.25, 0.3) is 0 Å². The first-order valence-corrected chi connectivity index (χ1v) is 5.38. The predicted octanol–water partition coefficient (Wildman–Crippen LogP) is 1.07. The second kappa shape index (κ2) is 4.90. The molecule has 2 heterocycles. The van der Waals surface area contributed by atoms with E-state index in [0.717, 1.165) is 4.73 Å². The summed E-state index contributed by atoms with van der Waals surface area (Å²) >= 11 is 11.4. The first-order valence-electron chi connectivity index (χ1n) is 4.62. The highest BCUT2D eigenvalue weighted by Gasteiger charge is 2.21. The number of carbonyl (C=O) groups excluding carboxylic acids is 1. The van der Waals surface area contributed by atoms with Gasteiger partial charge in [0.15, 0.2) is 5.15 Å². The maximum Gasteiger partial charge on any atom is 0.434 e. The molecule has 1 aromatic heterocycles. The summed E-state index contributed by atoms with van der Waals surface area (Å²) in [5, 5.41) is 0.151. The predicted molar refractivity (Wildman–Crippen MR) is 56.6 cm³/mol. The number of aromatic nitrogens is 2. The summed E-state index contributed by atoms with van der Waals surface area (Å²) in [6, 6.07) is 0. The van der Waals surface area contributed by atoms with E-state index in [1.165, 1.54) is 11.1 Å². The summed E-state index contributed by atoms with van der Waals surface area (Å²) in [7, 11) is 0. The molecule has 6 nitrogen and oxygen atoms in total. The Morgan fingerprint density at radius 1 is 1.44 bits per heavy atom. The van der Waals surface area contributed by atoms with E-state index in [4.69, 9.17) is 32.8 Å². The Morgan fingerprint density at radius 3 is 2.69 bits per heavy atom. The number of hydrogen-bond acceptors (Lipinski definition) is 4. The van der Waals surface area contributed by atoms with Gasteiger partial charge in [-0.3, -0.25) is 0 Å². The van der Waals surface area contributed by atoms with Crippen molar-refractivity contribution in [1.82, 2.24) is 14.6 Å². The number of morpholine rings is 1. The lowest BCUT2D eigenvalue weighted by atomic mass is 10.5. The minimum absolute atomic E-state index is 0.00612. The smallest absolute Gasteiger partial charge is 0.378 e. The molecule has 1 aromatic rings. The Morgan fingerprint density at radius 2 is 2.12 bits per heavy atom. The zero-order valence-corrected chi connectivity index (χ0v) is 9.74. The fraction of sp³-hybridized carbons (Fsp3) is 0.500. The lowest BCUT2D eigenvalue weighted by molar-refractivity contribution is 0.0245. The molecule has 0 unspecified atom stereocenters. The van der Waals surface area contributed by atoms with Crippen LogP contribution < -0.4 is 4.84 Å². The molecule has 1 fully saturated rings. The minimum Gasteiger partial charge on any atom is -0.378 e. The molecule has 0 atom stereocenters. The number of hydrogen-bond donors (Lipinski definition) is 0. The molecule has 1 aliphatic rings. The van der Waals surface area contributed by atoms with Gasteiger partial charge in [-0.2, -0.15) is 0 Å². The van der Waals surface area contributed by atoms with Crippen molar-refractivity contribution in [2.45, 2.75) is 0 Å². The average molecular weight is 266 g/mol. The first kappa shape index (κ1) is 11.5. The molecule has 1 amide bonds. The third-order valence-corrected chi connectivity index (χ3v) is 2.58. The third-order valence-electron chi connectivity index (χ3n) is 2.08. The highest BCUT2D eigenvalue weighted by Crippen LogP contribution is 2.14. The van der Waals surface area contributed by atoms with Gasteiger partial charge in [-0.05, 0) is 11.6 Å². The molecule has 0 aromatic carbocycles. The summed E-state index contributed by atoms with van der Waals surface area (Å²) < 4.78 is 6.08. The fourth-order valence-electron chi connectivity index (χ4n) is 1.26. The number of rotatable bonds is 1. The summed E-state index contributed by atoms with van der Waals surface area (Å²) in [5.41, 5.74) is 0. The molecule has 16 heavy (non-hydrogen) atoms. The van der Waals surface area contributed by atoms with E-state index < -0.39 is 6.09 Å². The standard InChI is InChI=1S/C8H9Cl2N3O3/c9-6-5-11-7(10)13(6)16-8(14)12-1-3-15-4-2-12/h5H,1-4H2. The molecule has 88 valence electrons. The zero-order chi connectivity index (χ0) is 11.5. The number of amides is 1. The van der Waals surface area contributed by atoms with Gasteiger partial charge >= 0.3 is 6.09 Å². The van der Waals surface area contributed by atoms with Crippen LogP contribution >= 0.6 is 23.2 Å². The molecule has 0 spiro atoms. The second-order valence-electron chi connectivity index (χ2n) is 3.10. The first-order chi connectivity index (χ1) is 7.68. The van der Waals surface area contributed by atoms with Crippen molar-refractivity contribution in [3.8, 4) is 0 Å². The maximum absolute atomic E-state index is 11.7. The van der Waals surface area contributed by atoms with Crippen LogP contribution in [0.15, 0.2) is 6.20 Å². The topological polar surface area (TPSA) is 56.6 Å². The number of ether oxygens (including phenoxy) is 1. The number of halogens is 2. The fourth-order valence-corrected chi connectivity index (χ4v) is 1.64. The molecule has 2 rings (SSSR count). The van der Waals surface area contributed by atoms with Gasteiger partial charge in [0.25, 0.3) is 0 Å². The third kappa shape index (κ3) is 2.40. The van der Waals surface area contributed by atoms with Gasteiger partial charge in [-0.25, -0.2) is 9.78 Å². The van der Waals surface area contributed by atoms with Crippen LogP contribution in [0.5, 0.6) is 0 Å². The van der Waals surface area contributed by atoms with E-state index in [2.05, 4.69) is 4.98 Å². The van der Waals surface area contributed by atoms with Crippen LogP contribution in [0.4, 0.5) is 4.79 Å². The van der Waals surface area contributed by atoms with Crippen molar-refractivity contribution in [3.05, 3.63) is 16.6 Å². The average Bonchev–Trinajstić information content (AvgIpc) is 2.62. The van der Waals surface area contributed by atoms with Gasteiger partial charge < -0.3 is 14.5 Å². The molecule has 0 bridgehead atoms. The van der Waals surface area contributed by atoms with Gasteiger partial charge in [0.1, 0.15) is 0 Å². The van der Waals surface area contributed by atoms with Gasteiger partial charge in [-0.1, -0.05) is 11.6 Å². The molecular weight excluding hydrogens is 257 g/mol. The lowest BCUT2D eigenvalue weighted by Gasteiger charge is -2.25. The quantitative estimate of drug-likeness (QED) is 0.763. The normalized spacial score (nSPS) is 16.2. The lowest BCUT2D eigenvalue weighted by Crippen LogP contribution is -2.44. The molecule has 0 N–H and O–H groups in total. The number of carbonyl (C=O) groups is 1. The van der Waals surface area contributed by atoms with Crippen molar-refractivity contribution in [1.29, 1.82) is 0 Å². The Bertz CT molecular complexity index is 370. The van der Waals surface area contributed by atoms with E-state index in [1.807, 2.05) is 0 Å². The van der Waals surface area contributed by atoms with Crippen LogP contribution in [0, 0.1) is 0 Å². The van der Waals surface area contributed by atoms with Crippen molar-refractivity contribution in [2.24, 2.45) is 0 Å². The van der Waals surface area contributed by atoms with Gasteiger partial charge in [0.05, 0.1) is 19.4 Å². The van der Waals surface area contributed by atoms with Crippen molar-refractivity contribution in [3.63, 3.8) is 0 Å². The Kier molecular flexibility index (Phi) is 3.52. The van der Waals surface area contributed by atoms with E-state index in [9.17, 15) is 4.79 Å². The van der Waals surface area contributed by atoms with E-state index >= 15 is 0 Å². The molecule has 1 aliphatic heterocycles. The Hall–Kier alpha value is -0.980. The molecule has 8 heteroatoms. The van der Waals surface area contributed by atoms with Crippen molar-refractivity contribution < 1.29 is 14.4 Å². The number of nitrogens with zero attached hydrogens (tertiary/aromatic N) is 3. The van der Waals surface area contributed by atoms with Gasteiger partial charge in [0.2, 0.25) is 5.28 Å². The molecule has 0 aliphatic carbocycles. The second-order valence-corrected chi connectivity index (χ2v) is 3.83. The van der Waals surface area contributed by atoms with E-state index in [0.29, 0.717) is 26.3 Å². The van der Waals surface area contributed by atoms with Crippen molar-refractivity contribution >= 4 is 29.3 Å². The highest BCUT2D eigenvalue weighted by atomic mass is 35.5. The van der Waals surface area contributed by atoms with Gasteiger partial charge in [-0.15, -0.1) is 4.73 Å². The largest absolute Gasteiger partial charge is 0.434 e. The van der Waals surface area contributed by atoms with Crippen LogP contribution in [0.2, 0.25) is 10.4 Å². The summed E-state index contributed by atoms with van der Waals surface area (Å²) in [6.07, 6.45) is 0.779.